The maximum atomic E-state index is 12.4. The number of carbonyl (C=O) groups is 2. The molecule has 1 aliphatic rings. The zero-order valence-corrected chi connectivity index (χ0v) is 16.1. The molecule has 6 nitrogen and oxygen atoms in total. The first-order valence-corrected chi connectivity index (χ1v) is 9.47. The fourth-order valence-corrected chi connectivity index (χ4v) is 3.95. The van der Waals surface area contributed by atoms with Crippen LogP contribution in [0.5, 0.6) is 0 Å². The quantitative estimate of drug-likeness (QED) is 0.666. The molecule has 0 bridgehead atoms. The molecule has 0 spiro atoms. The van der Waals surface area contributed by atoms with Gasteiger partial charge in [-0.2, -0.15) is 0 Å². The van der Waals surface area contributed by atoms with Gasteiger partial charge in [0.1, 0.15) is 0 Å². The van der Waals surface area contributed by atoms with Crippen molar-refractivity contribution < 1.29 is 14.3 Å². The second kappa shape index (κ2) is 7.11. The van der Waals surface area contributed by atoms with E-state index in [4.69, 9.17) is 15.5 Å². The van der Waals surface area contributed by atoms with Crippen LogP contribution in [0, 0.1) is 6.92 Å². The van der Waals surface area contributed by atoms with Gasteiger partial charge in [0.05, 0.1) is 30.3 Å². The van der Waals surface area contributed by atoms with Crippen LogP contribution in [0.1, 0.15) is 47.1 Å². The van der Waals surface area contributed by atoms with Crippen LogP contribution in [-0.2, 0) is 16.0 Å². The molecule has 0 unspecified atom stereocenters. The minimum absolute atomic E-state index is 0.242. The summed E-state index contributed by atoms with van der Waals surface area (Å²) in [5.74, 6) is -0.750. The average Bonchev–Trinajstić information content (AvgIpc) is 3.48. The summed E-state index contributed by atoms with van der Waals surface area (Å²) in [5.41, 5.74) is 10.4. The summed E-state index contributed by atoms with van der Waals surface area (Å²) < 4.78 is 7.00. The van der Waals surface area contributed by atoms with Gasteiger partial charge in [-0.05, 0) is 38.3 Å². The second-order valence-corrected chi connectivity index (χ2v) is 7.21. The minimum Gasteiger partial charge on any atom is -0.469 e. The van der Waals surface area contributed by atoms with Gasteiger partial charge in [0.25, 0.3) is 5.91 Å². The Balaban J connectivity index is 1.93. The summed E-state index contributed by atoms with van der Waals surface area (Å²) >= 11 is 0. The molecule has 1 amide bonds. The normalized spacial score (nSPS) is 13.6. The average molecular weight is 377 g/mol. The van der Waals surface area contributed by atoms with Gasteiger partial charge in [-0.3, -0.25) is 9.59 Å². The lowest BCUT2D eigenvalue weighted by Gasteiger charge is -2.12. The summed E-state index contributed by atoms with van der Waals surface area (Å²) in [6.45, 7) is 1.92. The van der Waals surface area contributed by atoms with Gasteiger partial charge in [0.2, 0.25) is 0 Å². The van der Waals surface area contributed by atoms with Gasteiger partial charge in [0.15, 0.2) is 0 Å². The number of esters is 1. The Morgan fingerprint density at radius 3 is 2.64 bits per heavy atom. The molecule has 0 aliphatic heterocycles. The highest BCUT2D eigenvalue weighted by Gasteiger charge is 2.33. The Morgan fingerprint density at radius 1 is 1.21 bits per heavy atom. The Bertz CT molecular complexity index is 1080. The number of methoxy groups -OCH3 is 1. The lowest BCUT2D eigenvalue weighted by atomic mass is 10.0. The highest BCUT2D eigenvalue weighted by Crippen LogP contribution is 2.43. The lowest BCUT2D eigenvalue weighted by molar-refractivity contribution is -0.140. The molecule has 6 heteroatoms. The molecule has 28 heavy (non-hydrogen) atoms. The van der Waals surface area contributed by atoms with Crippen molar-refractivity contribution in [3.05, 3.63) is 53.3 Å². The molecule has 4 rings (SSSR count). The summed E-state index contributed by atoms with van der Waals surface area (Å²) in [6.07, 6.45) is 2.83. The third-order valence-electron chi connectivity index (χ3n) is 5.36. The van der Waals surface area contributed by atoms with Crippen LogP contribution in [0.15, 0.2) is 36.4 Å². The maximum absolute atomic E-state index is 12.4. The Kier molecular flexibility index (Phi) is 4.63. The first kappa shape index (κ1) is 18.2. The number of amides is 1. The molecule has 1 fully saturated rings. The molecule has 1 saturated carbocycles. The van der Waals surface area contributed by atoms with Crippen LogP contribution in [0.25, 0.3) is 22.2 Å². The van der Waals surface area contributed by atoms with Crippen molar-refractivity contribution in [3.63, 3.8) is 0 Å². The minimum atomic E-state index is -0.471. The van der Waals surface area contributed by atoms with E-state index in [1.165, 1.54) is 7.11 Å². The van der Waals surface area contributed by atoms with Gasteiger partial charge in [0, 0.05) is 28.4 Å². The van der Waals surface area contributed by atoms with Crippen LogP contribution >= 0.6 is 0 Å². The smallest absolute Gasteiger partial charge is 0.305 e. The number of benzene rings is 1. The molecule has 0 radical (unpaired) electrons. The first-order valence-electron chi connectivity index (χ1n) is 9.47. The zero-order valence-electron chi connectivity index (χ0n) is 16.1. The van der Waals surface area contributed by atoms with Crippen molar-refractivity contribution in [1.82, 2.24) is 9.55 Å². The van der Waals surface area contributed by atoms with Crippen molar-refractivity contribution in [2.24, 2.45) is 5.73 Å². The Morgan fingerprint density at radius 2 is 1.96 bits per heavy atom. The third kappa shape index (κ3) is 3.15. The van der Waals surface area contributed by atoms with Crippen molar-refractivity contribution in [2.75, 3.05) is 7.11 Å². The van der Waals surface area contributed by atoms with E-state index in [9.17, 15) is 9.59 Å². The number of aromatic nitrogens is 2. The van der Waals surface area contributed by atoms with Gasteiger partial charge >= 0.3 is 5.97 Å². The van der Waals surface area contributed by atoms with E-state index in [1.54, 1.807) is 0 Å². The maximum Gasteiger partial charge on any atom is 0.305 e. The van der Waals surface area contributed by atoms with E-state index < -0.39 is 5.91 Å². The number of nitrogens with two attached hydrogens (primary N) is 1. The zero-order chi connectivity index (χ0) is 19.8. The number of pyridine rings is 1. The predicted molar refractivity (Wildman–Crippen MR) is 107 cm³/mol. The second-order valence-electron chi connectivity index (χ2n) is 7.21. The number of nitrogens with zero attached hydrogens (tertiary/aromatic N) is 2. The monoisotopic (exact) mass is 377 g/mol. The van der Waals surface area contributed by atoms with E-state index in [0.29, 0.717) is 23.7 Å². The molecule has 2 heterocycles. The van der Waals surface area contributed by atoms with Crippen molar-refractivity contribution in [1.29, 1.82) is 0 Å². The number of hydrogen-bond donors (Lipinski definition) is 1. The highest BCUT2D eigenvalue weighted by atomic mass is 16.5. The van der Waals surface area contributed by atoms with Crippen molar-refractivity contribution in [3.8, 4) is 11.3 Å². The van der Waals surface area contributed by atoms with Gasteiger partial charge < -0.3 is 15.0 Å². The van der Waals surface area contributed by atoms with Crippen LogP contribution in [-0.4, -0.2) is 28.5 Å². The van der Waals surface area contributed by atoms with E-state index in [0.717, 1.165) is 40.7 Å². The number of carbonyl (C=O) groups excluding carboxylic acids is 2. The lowest BCUT2D eigenvalue weighted by Crippen LogP contribution is -2.13. The highest BCUT2D eigenvalue weighted by molar-refractivity contribution is 6.02. The number of ether oxygens (including phenoxy) is 1. The molecular weight excluding hydrogens is 354 g/mol. The number of primary amides is 1. The summed E-state index contributed by atoms with van der Waals surface area (Å²) in [4.78, 5) is 29.0. The van der Waals surface area contributed by atoms with Crippen LogP contribution < -0.4 is 5.73 Å². The van der Waals surface area contributed by atoms with E-state index in [2.05, 4.69) is 4.57 Å². The number of fused-ring (bicyclic) bond motifs is 1. The molecule has 1 aromatic carbocycles. The predicted octanol–water partition coefficient (Wildman–Crippen LogP) is 3.55. The Hall–Kier alpha value is -3.15. The largest absolute Gasteiger partial charge is 0.469 e. The van der Waals surface area contributed by atoms with Gasteiger partial charge in [-0.15, -0.1) is 0 Å². The molecule has 0 atom stereocenters. The summed E-state index contributed by atoms with van der Waals surface area (Å²) in [6, 6.07) is 12.1. The van der Waals surface area contributed by atoms with E-state index in [-0.39, 0.29) is 12.4 Å². The van der Waals surface area contributed by atoms with Crippen LogP contribution in [0.4, 0.5) is 0 Å². The topological polar surface area (TPSA) is 87.2 Å². The van der Waals surface area contributed by atoms with E-state index >= 15 is 0 Å². The molecular formula is C22H23N3O3. The number of rotatable bonds is 6. The first-order chi connectivity index (χ1) is 13.5. The molecule has 2 aromatic heterocycles. The van der Waals surface area contributed by atoms with Crippen molar-refractivity contribution >= 4 is 22.8 Å². The SMILES string of the molecule is COC(=O)CCc1c(-c2ccc3ccccc3n2)c(C(N)=O)c(C)n1C1CC1. The van der Waals surface area contributed by atoms with Gasteiger partial charge in [-0.1, -0.05) is 24.3 Å². The molecule has 1 aliphatic carbocycles. The van der Waals surface area contributed by atoms with Crippen LogP contribution in [0.3, 0.4) is 0 Å². The Labute approximate surface area is 163 Å². The summed E-state index contributed by atoms with van der Waals surface area (Å²) in [5, 5.41) is 1.03. The fraction of sp³-hybridized carbons (Fsp3) is 0.318. The van der Waals surface area contributed by atoms with Gasteiger partial charge in [-0.25, -0.2) is 4.98 Å². The fourth-order valence-electron chi connectivity index (χ4n) is 3.95. The van der Waals surface area contributed by atoms with Crippen LogP contribution in [0.2, 0.25) is 0 Å². The number of hydrogen-bond acceptors (Lipinski definition) is 4. The third-order valence-corrected chi connectivity index (χ3v) is 5.36. The summed E-state index contributed by atoms with van der Waals surface area (Å²) in [7, 11) is 1.38. The molecule has 144 valence electrons. The standard InChI is InChI=1S/C22H23N3O3/c1-13-20(22(23)27)21(17-10-7-14-5-3-4-6-16(14)24-17)18(11-12-19(26)28-2)25(13)15-8-9-15/h3-7,10,15H,8-9,11-12H2,1-2H3,(H2,23,27). The number of para-hydroxylation sites is 1. The van der Waals surface area contributed by atoms with Crippen molar-refractivity contribution in [2.45, 2.75) is 38.6 Å². The van der Waals surface area contributed by atoms with E-state index in [1.807, 2.05) is 43.3 Å². The molecule has 0 saturated heterocycles. The molecule has 3 aromatic rings. The molecule has 2 N–H and O–H groups in total.